The van der Waals surface area contributed by atoms with Gasteiger partial charge in [-0.15, -0.1) is 0 Å². The van der Waals surface area contributed by atoms with Gasteiger partial charge in [-0.05, 0) is 52.8 Å². The molecular weight excluding hydrogens is 260 g/mol. The van der Waals surface area contributed by atoms with Crippen LogP contribution in [0.1, 0.15) is 51.6 Å². The molecule has 3 heteroatoms. The third-order valence-corrected chi connectivity index (χ3v) is 4.80. The van der Waals surface area contributed by atoms with Crippen molar-refractivity contribution >= 4 is 0 Å². The van der Waals surface area contributed by atoms with Gasteiger partial charge in [0.15, 0.2) is 0 Å². The Morgan fingerprint density at radius 3 is 2.76 bits per heavy atom. The van der Waals surface area contributed by atoms with Gasteiger partial charge in [0.25, 0.3) is 0 Å². The first kappa shape index (κ1) is 14.9. The monoisotopic (exact) mass is 288 g/mol. The Hall–Kier alpha value is -1.06. The summed E-state index contributed by atoms with van der Waals surface area (Å²) in [6.07, 6.45) is 3.74. The molecule has 0 spiro atoms. The van der Waals surface area contributed by atoms with E-state index in [1.54, 1.807) is 0 Å². The summed E-state index contributed by atoms with van der Waals surface area (Å²) in [6, 6.07) is 9.47. The summed E-state index contributed by atoms with van der Waals surface area (Å²) in [5.74, 6) is 1.04. The summed E-state index contributed by atoms with van der Waals surface area (Å²) in [5, 5.41) is 3.79. The molecule has 1 fully saturated rings. The summed E-state index contributed by atoms with van der Waals surface area (Å²) in [5.41, 5.74) is 1.22. The van der Waals surface area contributed by atoms with Crippen LogP contribution in [0.3, 0.4) is 0 Å². The SMILES string of the molecule is CC(CNC1CC(C)(C)Oc2ccccc21)N1CCCC1. The zero-order valence-corrected chi connectivity index (χ0v) is 13.6. The molecule has 1 aromatic carbocycles. The van der Waals surface area contributed by atoms with Gasteiger partial charge in [0.2, 0.25) is 0 Å². The summed E-state index contributed by atoms with van der Waals surface area (Å²) < 4.78 is 6.11. The second-order valence-corrected chi connectivity index (χ2v) is 7.16. The van der Waals surface area contributed by atoms with Crippen LogP contribution < -0.4 is 10.1 Å². The number of nitrogens with one attached hydrogen (secondary N) is 1. The van der Waals surface area contributed by atoms with Crippen molar-refractivity contribution in [3.63, 3.8) is 0 Å². The number of ether oxygens (including phenoxy) is 1. The number of likely N-dealkylation sites (tertiary alicyclic amines) is 1. The van der Waals surface area contributed by atoms with Crippen LogP contribution >= 0.6 is 0 Å². The normalized spacial score (nSPS) is 26.1. The summed E-state index contributed by atoms with van der Waals surface area (Å²) in [6.45, 7) is 10.3. The minimum absolute atomic E-state index is 0.0943. The van der Waals surface area contributed by atoms with Crippen molar-refractivity contribution < 1.29 is 4.74 Å². The van der Waals surface area contributed by atoms with Crippen LogP contribution in [0.5, 0.6) is 5.75 Å². The highest BCUT2D eigenvalue weighted by molar-refractivity contribution is 5.38. The molecule has 0 amide bonds. The molecule has 1 N–H and O–H groups in total. The van der Waals surface area contributed by atoms with Crippen LogP contribution in [-0.4, -0.2) is 36.2 Å². The summed E-state index contributed by atoms with van der Waals surface area (Å²) in [4.78, 5) is 2.60. The predicted octanol–water partition coefficient (Wildman–Crippen LogP) is 3.36. The van der Waals surface area contributed by atoms with Gasteiger partial charge in [0.1, 0.15) is 11.4 Å². The third kappa shape index (κ3) is 3.41. The van der Waals surface area contributed by atoms with Gasteiger partial charge in [-0.3, -0.25) is 4.90 Å². The standard InChI is InChI=1S/C18H28N2O/c1-14(20-10-6-7-11-20)13-19-16-12-18(2,3)21-17-9-5-4-8-15(16)17/h4-5,8-9,14,16,19H,6-7,10-13H2,1-3H3. The summed E-state index contributed by atoms with van der Waals surface area (Å²) in [7, 11) is 0. The molecule has 2 aliphatic rings. The number of hydrogen-bond donors (Lipinski definition) is 1. The smallest absolute Gasteiger partial charge is 0.124 e. The highest BCUT2D eigenvalue weighted by atomic mass is 16.5. The van der Waals surface area contributed by atoms with Crippen molar-refractivity contribution in [1.82, 2.24) is 10.2 Å². The van der Waals surface area contributed by atoms with E-state index >= 15 is 0 Å². The lowest BCUT2D eigenvalue weighted by Gasteiger charge is -2.38. The lowest BCUT2D eigenvalue weighted by molar-refractivity contribution is 0.0645. The average molecular weight is 288 g/mol. The van der Waals surface area contributed by atoms with E-state index < -0.39 is 0 Å². The molecule has 2 aliphatic heterocycles. The molecule has 0 aromatic heterocycles. The van der Waals surface area contributed by atoms with Crippen molar-refractivity contribution in [2.75, 3.05) is 19.6 Å². The van der Waals surface area contributed by atoms with E-state index in [1.165, 1.54) is 31.5 Å². The highest BCUT2D eigenvalue weighted by Crippen LogP contribution is 2.39. The number of para-hydroxylation sites is 1. The Balaban J connectivity index is 1.67. The van der Waals surface area contributed by atoms with Gasteiger partial charge in [-0.1, -0.05) is 18.2 Å². The van der Waals surface area contributed by atoms with Crippen LogP contribution in [0.4, 0.5) is 0 Å². The van der Waals surface area contributed by atoms with Gasteiger partial charge in [-0.2, -0.15) is 0 Å². The van der Waals surface area contributed by atoms with Gasteiger partial charge >= 0.3 is 0 Å². The molecular formula is C18H28N2O. The average Bonchev–Trinajstić information content (AvgIpc) is 2.97. The molecule has 2 heterocycles. The number of benzene rings is 1. The van der Waals surface area contributed by atoms with Crippen molar-refractivity contribution in [2.24, 2.45) is 0 Å². The number of hydrogen-bond acceptors (Lipinski definition) is 3. The molecule has 0 radical (unpaired) electrons. The summed E-state index contributed by atoms with van der Waals surface area (Å²) >= 11 is 0. The molecule has 3 nitrogen and oxygen atoms in total. The van der Waals surface area contributed by atoms with Crippen molar-refractivity contribution in [1.29, 1.82) is 0 Å². The molecule has 2 atom stereocenters. The fraction of sp³-hybridized carbons (Fsp3) is 0.667. The Morgan fingerprint density at radius 2 is 2.00 bits per heavy atom. The van der Waals surface area contributed by atoms with E-state index in [1.807, 2.05) is 0 Å². The van der Waals surface area contributed by atoms with Gasteiger partial charge in [-0.25, -0.2) is 0 Å². The van der Waals surface area contributed by atoms with Crippen molar-refractivity contribution in [3.05, 3.63) is 29.8 Å². The lowest BCUT2D eigenvalue weighted by Crippen LogP contribution is -2.44. The first-order valence-corrected chi connectivity index (χ1v) is 8.30. The molecule has 3 rings (SSSR count). The molecule has 21 heavy (non-hydrogen) atoms. The Morgan fingerprint density at radius 1 is 1.29 bits per heavy atom. The molecule has 0 aliphatic carbocycles. The first-order chi connectivity index (χ1) is 10.1. The number of fused-ring (bicyclic) bond motifs is 1. The highest BCUT2D eigenvalue weighted by Gasteiger charge is 2.33. The first-order valence-electron chi connectivity index (χ1n) is 8.30. The molecule has 2 unspecified atom stereocenters. The van der Waals surface area contributed by atoms with E-state index in [0.29, 0.717) is 12.1 Å². The van der Waals surface area contributed by atoms with E-state index in [9.17, 15) is 0 Å². The minimum atomic E-state index is -0.0943. The maximum absolute atomic E-state index is 6.11. The minimum Gasteiger partial charge on any atom is -0.487 e. The topological polar surface area (TPSA) is 24.5 Å². The number of rotatable bonds is 4. The maximum atomic E-state index is 6.11. The maximum Gasteiger partial charge on any atom is 0.124 e. The van der Waals surface area contributed by atoms with Crippen LogP contribution in [0.2, 0.25) is 0 Å². The van der Waals surface area contributed by atoms with Crippen LogP contribution in [0.15, 0.2) is 24.3 Å². The fourth-order valence-corrected chi connectivity index (χ4v) is 3.61. The lowest BCUT2D eigenvalue weighted by atomic mass is 9.89. The number of nitrogens with zero attached hydrogens (tertiary/aromatic N) is 1. The van der Waals surface area contributed by atoms with Crippen LogP contribution in [0.25, 0.3) is 0 Å². The second kappa shape index (κ2) is 5.98. The van der Waals surface area contributed by atoms with Gasteiger partial charge in [0.05, 0.1) is 0 Å². The molecule has 0 bridgehead atoms. The van der Waals surface area contributed by atoms with Crippen LogP contribution in [-0.2, 0) is 0 Å². The van der Waals surface area contributed by atoms with E-state index in [4.69, 9.17) is 4.74 Å². The van der Waals surface area contributed by atoms with Crippen molar-refractivity contribution in [2.45, 2.75) is 57.7 Å². The zero-order valence-electron chi connectivity index (χ0n) is 13.6. The van der Waals surface area contributed by atoms with E-state index in [-0.39, 0.29) is 5.60 Å². The molecule has 1 aromatic rings. The van der Waals surface area contributed by atoms with Gasteiger partial charge < -0.3 is 10.1 Å². The van der Waals surface area contributed by atoms with Crippen molar-refractivity contribution in [3.8, 4) is 5.75 Å². The molecule has 1 saturated heterocycles. The third-order valence-electron chi connectivity index (χ3n) is 4.80. The second-order valence-electron chi connectivity index (χ2n) is 7.16. The molecule has 0 saturated carbocycles. The van der Waals surface area contributed by atoms with E-state index in [0.717, 1.165) is 18.7 Å². The largest absolute Gasteiger partial charge is 0.487 e. The van der Waals surface area contributed by atoms with Gasteiger partial charge in [0, 0.05) is 30.6 Å². The molecule has 116 valence electrons. The Labute approximate surface area is 128 Å². The quantitative estimate of drug-likeness (QED) is 0.919. The van der Waals surface area contributed by atoms with E-state index in [2.05, 4.69) is 55.3 Å². The Bertz CT molecular complexity index is 480. The fourth-order valence-electron chi connectivity index (χ4n) is 3.61. The Kier molecular flexibility index (Phi) is 4.23. The van der Waals surface area contributed by atoms with Crippen LogP contribution in [0, 0.1) is 0 Å². The zero-order chi connectivity index (χ0) is 14.9. The predicted molar refractivity (Wildman–Crippen MR) is 86.8 cm³/mol.